The zero-order valence-corrected chi connectivity index (χ0v) is 22.2. The highest BCUT2D eigenvalue weighted by Gasteiger charge is 2.53. The van der Waals surface area contributed by atoms with Gasteiger partial charge < -0.3 is 14.0 Å². The van der Waals surface area contributed by atoms with Gasteiger partial charge in [-0.25, -0.2) is 0 Å². The number of nitrogens with zero attached hydrogens (tertiary/aromatic N) is 2. The molecule has 2 aliphatic heterocycles. The number of aryl methyl sites for hydroxylation is 1. The molecule has 1 unspecified atom stereocenters. The predicted molar refractivity (Wildman–Crippen MR) is 144 cm³/mol. The van der Waals surface area contributed by atoms with Gasteiger partial charge in [-0.3, -0.25) is 4.68 Å². The molecule has 4 aromatic rings. The number of ether oxygens (including phenoxy) is 1. The minimum Gasteiger partial charge on any atom is -0.508 e. The van der Waals surface area contributed by atoms with Crippen LogP contribution in [0.15, 0.2) is 89.7 Å². The van der Waals surface area contributed by atoms with E-state index in [2.05, 4.69) is 21.0 Å². The van der Waals surface area contributed by atoms with Crippen LogP contribution in [0.2, 0.25) is 0 Å². The summed E-state index contributed by atoms with van der Waals surface area (Å²) >= 11 is 3.35. The summed E-state index contributed by atoms with van der Waals surface area (Å²) in [6.45, 7) is 0. The van der Waals surface area contributed by atoms with E-state index in [4.69, 9.17) is 8.92 Å². The molecule has 1 saturated heterocycles. The largest absolute Gasteiger partial charge is 0.508 e. The lowest BCUT2D eigenvalue weighted by Crippen LogP contribution is -2.35. The van der Waals surface area contributed by atoms with E-state index in [0.717, 1.165) is 37.9 Å². The van der Waals surface area contributed by atoms with E-state index in [-0.39, 0.29) is 17.9 Å². The van der Waals surface area contributed by atoms with Crippen molar-refractivity contribution in [3.63, 3.8) is 0 Å². The van der Waals surface area contributed by atoms with E-state index in [9.17, 15) is 13.5 Å². The van der Waals surface area contributed by atoms with Crippen LogP contribution in [0.5, 0.6) is 11.5 Å². The Labute approximate surface area is 223 Å². The van der Waals surface area contributed by atoms with E-state index in [1.54, 1.807) is 47.3 Å². The number of hydrogen-bond donors (Lipinski definition) is 1. The molecule has 7 nitrogen and oxygen atoms in total. The highest BCUT2D eigenvalue weighted by Crippen LogP contribution is 2.51. The second kappa shape index (κ2) is 9.16. The lowest BCUT2D eigenvalue weighted by Gasteiger charge is -2.24. The van der Waals surface area contributed by atoms with Crippen LogP contribution in [0.25, 0.3) is 22.3 Å². The monoisotopic (exact) mass is 578 g/mol. The topological polar surface area (TPSA) is 90.7 Å². The molecule has 3 heterocycles. The van der Waals surface area contributed by atoms with Crippen molar-refractivity contribution in [1.29, 1.82) is 0 Å². The lowest BCUT2D eigenvalue weighted by atomic mass is 9.83. The van der Waals surface area contributed by atoms with Gasteiger partial charge in [0.25, 0.3) is 0 Å². The van der Waals surface area contributed by atoms with Crippen LogP contribution in [-0.4, -0.2) is 40.8 Å². The van der Waals surface area contributed by atoms with Crippen molar-refractivity contribution >= 4 is 37.2 Å². The molecule has 0 radical (unpaired) electrons. The van der Waals surface area contributed by atoms with Gasteiger partial charge in [0, 0.05) is 29.7 Å². The number of rotatable bonds is 6. The molecule has 3 atom stereocenters. The van der Waals surface area contributed by atoms with Crippen molar-refractivity contribution in [3.05, 3.63) is 101 Å². The summed E-state index contributed by atoms with van der Waals surface area (Å²) in [6.07, 6.45) is 2.95. The molecule has 1 N–H and O–H groups in total. The lowest BCUT2D eigenvalue weighted by molar-refractivity contribution is 0.128. The van der Waals surface area contributed by atoms with Crippen LogP contribution < -0.4 is 4.18 Å². The van der Waals surface area contributed by atoms with Crippen molar-refractivity contribution in [2.75, 3.05) is 0 Å². The number of hydrogen-bond acceptors (Lipinski definition) is 6. The Bertz CT molecular complexity index is 1590. The molecule has 0 spiro atoms. The molecule has 0 saturated carbocycles. The molecular weight excluding hydrogens is 556 g/mol. The van der Waals surface area contributed by atoms with Crippen molar-refractivity contribution in [1.82, 2.24) is 9.78 Å². The van der Waals surface area contributed by atoms with Crippen LogP contribution in [0.3, 0.4) is 0 Å². The van der Waals surface area contributed by atoms with Gasteiger partial charge in [0.05, 0.1) is 12.3 Å². The van der Waals surface area contributed by atoms with Gasteiger partial charge in [-0.1, -0.05) is 52.3 Å². The first-order chi connectivity index (χ1) is 17.8. The molecule has 1 fully saturated rings. The first-order valence-corrected chi connectivity index (χ1v) is 14.0. The fraction of sp³-hybridized carbons (Fsp3) is 0.179. The number of halogens is 1. The summed E-state index contributed by atoms with van der Waals surface area (Å²) < 4.78 is 41.2. The Balaban J connectivity index is 1.39. The zero-order valence-electron chi connectivity index (χ0n) is 19.8. The number of phenols is 1. The van der Waals surface area contributed by atoms with E-state index in [1.807, 2.05) is 49.6 Å². The third kappa shape index (κ3) is 4.47. The van der Waals surface area contributed by atoms with Gasteiger partial charge in [0.2, 0.25) is 0 Å². The Morgan fingerprint density at radius 1 is 0.919 bits per heavy atom. The summed E-state index contributed by atoms with van der Waals surface area (Å²) in [5.41, 5.74) is 5.54. The first kappa shape index (κ1) is 24.0. The summed E-state index contributed by atoms with van der Waals surface area (Å²) in [7, 11) is -2.11. The Morgan fingerprint density at radius 2 is 1.54 bits per heavy atom. The van der Waals surface area contributed by atoms with E-state index in [1.165, 1.54) is 0 Å². The predicted octanol–water partition coefficient (Wildman–Crippen LogP) is 5.41. The second-order valence-electron chi connectivity index (χ2n) is 9.20. The average molecular weight is 579 g/mol. The maximum atomic E-state index is 13.4. The molecule has 2 bridgehead atoms. The van der Waals surface area contributed by atoms with Crippen molar-refractivity contribution in [2.24, 2.45) is 7.05 Å². The standard InChI is InChI=1S/C28H23BrN2O5S/c1-31-16-20(15-30-31)17-2-4-19(5-3-17)27-26(18-6-10-22(32)11-7-18)24-14-25(28(27)35-24)37(33,34)36-23-12-8-21(29)9-13-23/h2-13,15-16,24-25,28,32H,14H2,1H3/t24-,25?,28+/m1/s1. The number of phenolic OH excluding ortho intramolecular Hbond substituents is 1. The normalized spacial score (nSPS) is 21.0. The molecule has 0 amide bonds. The van der Waals surface area contributed by atoms with E-state index in [0.29, 0.717) is 0 Å². The third-order valence-electron chi connectivity index (χ3n) is 6.80. The summed E-state index contributed by atoms with van der Waals surface area (Å²) in [6, 6.07) is 21.6. The third-order valence-corrected chi connectivity index (χ3v) is 8.94. The molecular formula is C28H23BrN2O5S. The van der Waals surface area contributed by atoms with Crippen molar-refractivity contribution in [2.45, 2.75) is 23.9 Å². The number of fused-ring (bicyclic) bond motifs is 2. The van der Waals surface area contributed by atoms with Gasteiger partial charge in [0.1, 0.15) is 22.9 Å². The molecule has 1 aromatic heterocycles. The molecule has 0 aliphatic carbocycles. The average Bonchev–Trinajstić information content (AvgIpc) is 3.61. The van der Waals surface area contributed by atoms with E-state index < -0.39 is 27.6 Å². The Kier molecular flexibility index (Phi) is 5.94. The van der Waals surface area contributed by atoms with Crippen LogP contribution in [0, 0.1) is 0 Å². The summed E-state index contributed by atoms with van der Waals surface area (Å²) in [4.78, 5) is 0. The minimum atomic E-state index is -3.98. The van der Waals surface area contributed by atoms with Crippen molar-refractivity contribution < 1.29 is 22.4 Å². The van der Waals surface area contributed by atoms with Crippen molar-refractivity contribution in [3.8, 4) is 22.6 Å². The van der Waals surface area contributed by atoms with Crippen LogP contribution in [0.1, 0.15) is 17.5 Å². The maximum absolute atomic E-state index is 13.4. The maximum Gasteiger partial charge on any atom is 0.315 e. The number of benzene rings is 3. The molecule has 9 heteroatoms. The van der Waals surface area contributed by atoms with Gasteiger partial charge >= 0.3 is 10.1 Å². The molecule has 188 valence electrons. The van der Waals surface area contributed by atoms with Gasteiger partial charge in [0.15, 0.2) is 0 Å². The SMILES string of the molecule is Cn1cc(-c2ccc(C3=C(c4ccc(O)cc4)[C@H]4CC(S(=O)(=O)Oc5ccc(Br)cc5)[C@@H]3O4)cc2)cn1. The number of aromatic hydroxyl groups is 1. The highest BCUT2D eigenvalue weighted by molar-refractivity contribution is 9.10. The second-order valence-corrected chi connectivity index (χ2v) is 11.9. The number of aromatic nitrogens is 2. The summed E-state index contributed by atoms with van der Waals surface area (Å²) in [5, 5.41) is 13.2. The van der Waals surface area contributed by atoms with Gasteiger partial charge in [-0.2, -0.15) is 13.5 Å². The molecule has 3 aromatic carbocycles. The Hall–Kier alpha value is -3.40. The quantitative estimate of drug-likeness (QED) is 0.307. The first-order valence-electron chi connectivity index (χ1n) is 11.8. The fourth-order valence-corrected chi connectivity index (χ4v) is 6.77. The smallest absolute Gasteiger partial charge is 0.315 e. The van der Waals surface area contributed by atoms with E-state index >= 15 is 0 Å². The van der Waals surface area contributed by atoms with Crippen LogP contribution >= 0.6 is 15.9 Å². The zero-order chi connectivity index (χ0) is 25.7. The van der Waals surface area contributed by atoms with Gasteiger partial charge in [-0.05, 0) is 64.2 Å². The van der Waals surface area contributed by atoms with Crippen LogP contribution in [0.4, 0.5) is 0 Å². The Morgan fingerprint density at radius 3 is 2.19 bits per heavy atom. The minimum absolute atomic E-state index is 0.166. The molecule has 37 heavy (non-hydrogen) atoms. The van der Waals surface area contributed by atoms with Gasteiger partial charge in [-0.15, -0.1) is 0 Å². The van der Waals surface area contributed by atoms with Crippen LogP contribution in [-0.2, 0) is 21.9 Å². The summed E-state index contributed by atoms with van der Waals surface area (Å²) in [5.74, 6) is 0.426. The fourth-order valence-electron chi connectivity index (χ4n) is 5.09. The molecule has 6 rings (SSSR count). The molecule has 2 aliphatic rings. The highest BCUT2D eigenvalue weighted by atomic mass is 79.9.